The molecule has 1 unspecified atom stereocenters. The van der Waals surface area contributed by atoms with E-state index in [1.54, 1.807) is 0 Å². The van der Waals surface area contributed by atoms with E-state index >= 15 is 0 Å². The van der Waals surface area contributed by atoms with Gasteiger partial charge in [-0.1, -0.05) is 12.1 Å². The minimum atomic E-state index is 0.354. The van der Waals surface area contributed by atoms with Gasteiger partial charge in [-0.3, -0.25) is 0 Å². The lowest BCUT2D eigenvalue weighted by molar-refractivity contribution is 0.570. The minimum absolute atomic E-state index is 0.354. The number of benzene rings is 1. The van der Waals surface area contributed by atoms with Gasteiger partial charge in [0.05, 0.1) is 17.6 Å². The Balaban J connectivity index is 1.68. The molecule has 2 aromatic heterocycles. The molecule has 1 atom stereocenters. The maximum absolute atomic E-state index is 4.57. The summed E-state index contributed by atoms with van der Waals surface area (Å²) in [6.07, 6.45) is 0. The van der Waals surface area contributed by atoms with Crippen LogP contribution in [0.1, 0.15) is 28.5 Å². The second kappa shape index (κ2) is 5.15. The number of aryl methyl sites for hydroxylation is 1. The van der Waals surface area contributed by atoms with E-state index in [1.165, 1.54) is 9.75 Å². The molecule has 0 aliphatic heterocycles. The van der Waals surface area contributed by atoms with E-state index in [1.807, 2.05) is 29.5 Å². The molecule has 3 rings (SSSR count). The van der Waals surface area contributed by atoms with Crippen LogP contribution in [0.4, 0.5) is 0 Å². The summed E-state index contributed by atoms with van der Waals surface area (Å²) in [6, 6.07) is 12.8. The average Bonchev–Trinajstić information content (AvgIpc) is 3.01. The van der Waals surface area contributed by atoms with Gasteiger partial charge in [0.1, 0.15) is 5.82 Å². The Morgan fingerprint density at radius 3 is 2.84 bits per heavy atom. The van der Waals surface area contributed by atoms with Crippen molar-refractivity contribution in [3.63, 3.8) is 0 Å². The van der Waals surface area contributed by atoms with E-state index in [-0.39, 0.29) is 0 Å². The summed E-state index contributed by atoms with van der Waals surface area (Å²) in [6.45, 7) is 5.08. The van der Waals surface area contributed by atoms with Gasteiger partial charge in [-0.05, 0) is 38.1 Å². The number of fused-ring (bicyclic) bond motifs is 1. The topological polar surface area (TPSA) is 40.7 Å². The van der Waals surface area contributed by atoms with E-state index in [0.717, 1.165) is 23.4 Å². The molecule has 0 aliphatic rings. The maximum atomic E-state index is 4.57. The number of imidazole rings is 1. The molecule has 0 saturated carbocycles. The van der Waals surface area contributed by atoms with Gasteiger partial charge in [0.15, 0.2) is 0 Å². The number of nitrogens with one attached hydrogen (secondary N) is 2. The van der Waals surface area contributed by atoms with Crippen LogP contribution in [-0.4, -0.2) is 9.97 Å². The highest BCUT2D eigenvalue weighted by Gasteiger charge is 2.08. The van der Waals surface area contributed by atoms with Crippen LogP contribution in [0, 0.1) is 6.92 Å². The molecule has 0 saturated heterocycles. The average molecular weight is 271 g/mol. The molecule has 3 aromatic rings. The molecule has 0 bridgehead atoms. The number of hydrogen-bond donors (Lipinski definition) is 2. The van der Waals surface area contributed by atoms with Gasteiger partial charge in [0.25, 0.3) is 0 Å². The Hall–Kier alpha value is -1.65. The second-order valence-electron chi connectivity index (χ2n) is 4.75. The van der Waals surface area contributed by atoms with Crippen molar-refractivity contribution >= 4 is 22.4 Å². The maximum Gasteiger partial charge on any atom is 0.121 e. The fourth-order valence-electron chi connectivity index (χ4n) is 2.13. The van der Waals surface area contributed by atoms with Crippen molar-refractivity contribution in [1.82, 2.24) is 15.3 Å². The molecule has 2 heterocycles. The molecule has 0 amide bonds. The Labute approximate surface area is 116 Å². The monoisotopic (exact) mass is 271 g/mol. The summed E-state index contributed by atoms with van der Waals surface area (Å²) in [5, 5.41) is 3.51. The van der Waals surface area contributed by atoms with Crippen LogP contribution < -0.4 is 5.32 Å². The molecule has 19 heavy (non-hydrogen) atoms. The van der Waals surface area contributed by atoms with Gasteiger partial charge in [-0.25, -0.2) is 4.98 Å². The molecule has 3 nitrogen and oxygen atoms in total. The quantitative estimate of drug-likeness (QED) is 0.758. The highest BCUT2D eigenvalue weighted by Crippen LogP contribution is 2.22. The Morgan fingerprint density at radius 2 is 2.11 bits per heavy atom. The third-order valence-electron chi connectivity index (χ3n) is 3.20. The van der Waals surface area contributed by atoms with Crippen LogP contribution in [0.2, 0.25) is 0 Å². The fourth-order valence-corrected chi connectivity index (χ4v) is 3.03. The summed E-state index contributed by atoms with van der Waals surface area (Å²) in [7, 11) is 0. The Bertz CT molecular complexity index is 650. The third-order valence-corrected chi connectivity index (χ3v) is 4.39. The number of thiophene rings is 1. The predicted molar refractivity (Wildman–Crippen MR) is 80.4 cm³/mol. The molecule has 0 aliphatic carbocycles. The normalized spacial score (nSPS) is 12.9. The lowest BCUT2D eigenvalue weighted by Gasteiger charge is -2.10. The molecule has 0 spiro atoms. The lowest BCUT2D eigenvalue weighted by atomic mass is 10.2. The minimum Gasteiger partial charge on any atom is -0.341 e. The van der Waals surface area contributed by atoms with Crippen molar-refractivity contribution in [1.29, 1.82) is 0 Å². The molecular formula is C15H17N3S. The van der Waals surface area contributed by atoms with E-state index in [2.05, 4.69) is 47.3 Å². The van der Waals surface area contributed by atoms with Crippen LogP contribution in [0.3, 0.4) is 0 Å². The van der Waals surface area contributed by atoms with Gasteiger partial charge in [0.2, 0.25) is 0 Å². The van der Waals surface area contributed by atoms with Crippen molar-refractivity contribution in [3.8, 4) is 0 Å². The first kappa shape index (κ1) is 12.4. The summed E-state index contributed by atoms with van der Waals surface area (Å²) in [4.78, 5) is 10.6. The number of hydrogen-bond acceptors (Lipinski definition) is 3. The van der Waals surface area contributed by atoms with Gasteiger partial charge >= 0.3 is 0 Å². The number of aromatic amines is 1. The van der Waals surface area contributed by atoms with Gasteiger partial charge in [-0.15, -0.1) is 11.3 Å². The lowest BCUT2D eigenvalue weighted by Crippen LogP contribution is -2.17. The van der Waals surface area contributed by atoms with E-state index in [0.29, 0.717) is 6.04 Å². The zero-order chi connectivity index (χ0) is 13.2. The smallest absolute Gasteiger partial charge is 0.121 e. The zero-order valence-corrected chi connectivity index (χ0v) is 11.9. The predicted octanol–water partition coefficient (Wildman–Crippen LogP) is 3.78. The van der Waals surface area contributed by atoms with E-state index < -0.39 is 0 Å². The molecule has 0 fully saturated rings. The SMILES string of the molecule is Cc1ccc(C(C)NCc2nc3ccccc3[nH]2)s1. The van der Waals surface area contributed by atoms with Crippen LogP contribution in [0.15, 0.2) is 36.4 Å². The molecular weight excluding hydrogens is 254 g/mol. The van der Waals surface area contributed by atoms with Crippen LogP contribution in [0.25, 0.3) is 11.0 Å². The van der Waals surface area contributed by atoms with Crippen LogP contribution in [-0.2, 0) is 6.54 Å². The first-order valence-electron chi connectivity index (χ1n) is 6.46. The highest BCUT2D eigenvalue weighted by molar-refractivity contribution is 7.12. The van der Waals surface area contributed by atoms with Crippen LogP contribution >= 0.6 is 11.3 Å². The number of para-hydroxylation sites is 2. The first-order valence-corrected chi connectivity index (χ1v) is 7.27. The Morgan fingerprint density at radius 1 is 1.26 bits per heavy atom. The molecule has 1 aromatic carbocycles. The number of aromatic nitrogens is 2. The first-order chi connectivity index (χ1) is 9.22. The van der Waals surface area contributed by atoms with Crippen LogP contribution in [0.5, 0.6) is 0 Å². The number of rotatable bonds is 4. The fraction of sp³-hybridized carbons (Fsp3) is 0.267. The largest absolute Gasteiger partial charge is 0.341 e. The van der Waals surface area contributed by atoms with Crippen molar-refractivity contribution in [2.24, 2.45) is 0 Å². The molecule has 98 valence electrons. The molecule has 4 heteroatoms. The van der Waals surface area contributed by atoms with E-state index in [9.17, 15) is 0 Å². The highest BCUT2D eigenvalue weighted by atomic mass is 32.1. The summed E-state index contributed by atoms with van der Waals surface area (Å²) >= 11 is 1.84. The molecule has 2 N–H and O–H groups in total. The summed E-state index contributed by atoms with van der Waals surface area (Å²) in [5.74, 6) is 0.987. The summed E-state index contributed by atoms with van der Waals surface area (Å²) in [5.41, 5.74) is 2.12. The van der Waals surface area contributed by atoms with Crippen molar-refractivity contribution < 1.29 is 0 Å². The zero-order valence-electron chi connectivity index (χ0n) is 11.1. The van der Waals surface area contributed by atoms with Gasteiger partial charge in [-0.2, -0.15) is 0 Å². The second-order valence-corrected chi connectivity index (χ2v) is 6.07. The van der Waals surface area contributed by atoms with Gasteiger partial charge < -0.3 is 10.3 Å². The van der Waals surface area contributed by atoms with E-state index in [4.69, 9.17) is 0 Å². The molecule has 0 radical (unpaired) electrons. The standard InChI is InChI=1S/C15H17N3S/c1-10-7-8-14(19-10)11(2)16-9-15-17-12-5-3-4-6-13(12)18-15/h3-8,11,16H,9H2,1-2H3,(H,17,18). The van der Waals surface area contributed by atoms with Crippen molar-refractivity contribution in [2.45, 2.75) is 26.4 Å². The Kier molecular flexibility index (Phi) is 3.36. The number of H-pyrrole nitrogens is 1. The number of nitrogens with zero attached hydrogens (tertiary/aromatic N) is 1. The summed E-state index contributed by atoms with van der Waals surface area (Å²) < 4.78 is 0. The van der Waals surface area contributed by atoms with Gasteiger partial charge in [0, 0.05) is 15.8 Å². The third kappa shape index (κ3) is 2.69. The van der Waals surface area contributed by atoms with Crippen molar-refractivity contribution in [3.05, 3.63) is 52.0 Å². The van der Waals surface area contributed by atoms with Crippen molar-refractivity contribution in [2.75, 3.05) is 0 Å².